The predicted octanol–water partition coefficient (Wildman–Crippen LogP) is 0.391. The maximum Gasteiger partial charge on any atom is 0.235 e. The molecule has 6 N–H and O–H groups in total. The molecular formula is C30H33N3O8. The summed E-state index contributed by atoms with van der Waals surface area (Å²) in [5.41, 5.74) is 11.2. The minimum atomic E-state index is -2.75. The lowest BCUT2D eigenvalue weighted by Crippen LogP contribution is -2.74. The standard InChI is InChI=1S/C30H33N3O8/c1-4-41-20-8-5-13(9-15(20)12-31)16-6-7-19(34)22-17(16)10-14-11-18-24(33(2)3)26(36)23(29(32)39)28(38)30(18,40)27(37)21(14)25(22)35/h5-9,14,18,21,23-24,34,40H,4,10-12,31H2,1-3H3,(H2,32,39)/t14-,18-,21?,23?,24-,30-/m0/s1. The van der Waals surface area contributed by atoms with Crippen molar-refractivity contribution in [2.75, 3.05) is 20.7 Å². The molecule has 0 bridgehead atoms. The minimum absolute atomic E-state index is 0.0175. The molecule has 1 amide bonds. The lowest BCUT2D eigenvalue weighted by Gasteiger charge is -2.52. The maximum absolute atomic E-state index is 14.0. The fourth-order valence-electron chi connectivity index (χ4n) is 7.08. The Labute approximate surface area is 236 Å². The highest BCUT2D eigenvalue weighted by molar-refractivity contribution is 6.32. The number of rotatable bonds is 6. The van der Waals surface area contributed by atoms with Gasteiger partial charge in [0.05, 0.1) is 24.1 Å². The number of hydrogen-bond donors (Lipinski definition) is 4. The van der Waals surface area contributed by atoms with Gasteiger partial charge in [0.1, 0.15) is 11.5 Å². The predicted molar refractivity (Wildman–Crippen MR) is 146 cm³/mol. The molecule has 2 aromatic carbocycles. The Bertz CT molecular complexity index is 1500. The first-order valence-electron chi connectivity index (χ1n) is 13.5. The molecule has 6 atom stereocenters. The largest absolute Gasteiger partial charge is 0.507 e. The molecule has 0 saturated heterocycles. The molecule has 11 heteroatoms. The van der Waals surface area contributed by atoms with Gasteiger partial charge in [-0.2, -0.15) is 0 Å². The smallest absolute Gasteiger partial charge is 0.235 e. The minimum Gasteiger partial charge on any atom is -0.507 e. The maximum atomic E-state index is 14.0. The first-order chi connectivity index (χ1) is 19.4. The van der Waals surface area contributed by atoms with Crippen LogP contribution in [0.1, 0.15) is 34.8 Å². The Morgan fingerprint density at radius 3 is 2.44 bits per heavy atom. The summed E-state index contributed by atoms with van der Waals surface area (Å²) in [6.45, 7) is 2.53. The van der Waals surface area contributed by atoms with Crippen LogP contribution < -0.4 is 16.2 Å². The number of benzene rings is 2. The van der Waals surface area contributed by atoms with Gasteiger partial charge in [-0.05, 0) is 74.7 Å². The average molecular weight is 564 g/mol. The van der Waals surface area contributed by atoms with Gasteiger partial charge in [0.2, 0.25) is 5.91 Å². The second-order valence-electron chi connectivity index (χ2n) is 11.2. The van der Waals surface area contributed by atoms with Crippen LogP contribution in [0.15, 0.2) is 30.3 Å². The van der Waals surface area contributed by atoms with Crippen LogP contribution in [0.2, 0.25) is 0 Å². The fourth-order valence-corrected chi connectivity index (χ4v) is 7.08. The average Bonchev–Trinajstić information content (AvgIpc) is 2.91. The molecule has 0 radical (unpaired) electrons. The summed E-state index contributed by atoms with van der Waals surface area (Å²) in [6, 6.07) is 7.36. The number of primary amides is 1. The first-order valence-corrected chi connectivity index (χ1v) is 13.5. The van der Waals surface area contributed by atoms with Crippen molar-refractivity contribution in [3.05, 3.63) is 47.0 Å². The quantitative estimate of drug-likeness (QED) is 0.358. The summed E-state index contributed by atoms with van der Waals surface area (Å²) in [5.74, 6) is -10.1. The molecule has 11 nitrogen and oxygen atoms in total. The lowest BCUT2D eigenvalue weighted by atomic mass is 9.52. The van der Waals surface area contributed by atoms with Crippen molar-refractivity contribution in [1.82, 2.24) is 4.90 Å². The highest BCUT2D eigenvalue weighted by Crippen LogP contribution is 2.51. The number of likely N-dealkylation sites (N-methyl/N-ethyl adjacent to an activating group) is 1. The molecule has 2 fully saturated rings. The number of carbonyl (C=O) groups is 5. The van der Waals surface area contributed by atoms with E-state index in [1.165, 1.54) is 11.0 Å². The van der Waals surface area contributed by atoms with Crippen molar-refractivity contribution < 1.29 is 38.9 Å². The summed E-state index contributed by atoms with van der Waals surface area (Å²) in [7, 11) is 3.09. The van der Waals surface area contributed by atoms with E-state index in [9.17, 15) is 34.2 Å². The first kappa shape index (κ1) is 28.6. The lowest BCUT2D eigenvalue weighted by molar-refractivity contribution is -0.181. The van der Waals surface area contributed by atoms with Gasteiger partial charge in [0.15, 0.2) is 34.7 Å². The zero-order chi connectivity index (χ0) is 30.0. The van der Waals surface area contributed by atoms with E-state index in [0.717, 1.165) is 11.1 Å². The van der Waals surface area contributed by atoms with Crippen molar-refractivity contribution in [2.24, 2.45) is 35.1 Å². The van der Waals surface area contributed by atoms with Crippen molar-refractivity contribution in [3.8, 4) is 22.6 Å². The van der Waals surface area contributed by atoms with Gasteiger partial charge < -0.3 is 26.4 Å². The molecule has 0 aromatic heterocycles. The van der Waals surface area contributed by atoms with Crippen molar-refractivity contribution in [3.63, 3.8) is 0 Å². The molecule has 0 spiro atoms. The van der Waals surface area contributed by atoms with Crippen molar-refractivity contribution in [2.45, 2.75) is 38.0 Å². The Balaban J connectivity index is 1.64. The topological polar surface area (TPSA) is 190 Å². The molecule has 2 saturated carbocycles. The number of nitrogens with zero attached hydrogens (tertiary/aromatic N) is 1. The number of amides is 1. The monoisotopic (exact) mass is 563 g/mol. The number of phenols is 1. The van der Waals surface area contributed by atoms with Gasteiger partial charge in [0, 0.05) is 18.0 Å². The summed E-state index contributed by atoms with van der Waals surface area (Å²) in [5, 5.41) is 22.5. The summed E-state index contributed by atoms with van der Waals surface area (Å²) < 4.78 is 5.66. The molecule has 0 aliphatic heterocycles. The van der Waals surface area contributed by atoms with E-state index in [-0.39, 0.29) is 30.7 Å². The van der Waals surface area contributed by atoms with E-state index in [2.05, 4.69) is 0 Å². The van der Waals surface area contributed by atoms with Gasteiger partial charge >= 0.3 is 0 Å². The van der Waals surface area contributed by atoms with E-state index in [0.29, 0.717) is 23.5 Å². The highest BCUT2D eigenvalue weighted by Gasteiger charge is 2.69. The molecule has 3 aliphatic rings. The van der Waals surface area contributed by atoms with E-state index < -0.39 is 64.4 Å². The third-order valence-corrected chi connectivity index (χ3v) is 8.84. The molecule has 3 aliphatic carbocycles. The molecule has 5 rings (SSSR count). The zero-order valence-corrected chi connectivity index (χ0v) is 23.0. The molecule has 0 heterocycles. The van der Waals surface area contributed by atoms with E-state index in [1.54, 1.807) is 26.2 Å². The number of Topliss-reactive ketones (excluding diaryl/α,β-unsaturated/α-hetero) is 4. The number of hydrogen-bond acceptors (Lipinski definition) is 10. The number of aliphatic hydroxyl groups is 1. The van der Waals surface area contributed by atoms with Crippen LogP contribution in [0.25, 0.3) is 11.1 Å². The van der Waals surface area contributed by atoms with Crippen LogP contribution >= 0.6 is 0 Å². The third kappa shape index (κ3) is 4.10. The van der Waals surface area contributed by atoms with E-state index >= 15 is 0 Å². The molecular weight excluding hydrogens is 530 g/mol. The van der Waals surface area contributed by atoms with Gasteiger partial charge in [-0.3, -0.25) is 28.9 Å². The Morgan fingerprint density at radius 2 is 1.83 bits per heavy atom. The highest BCUT2D eigenvalue weighted by atomic mass is 16.5. The Morgan fingerprint density at radius 1 is 1.12 bits per heavy atom. The Kier molecular flexibility index (Phi) is 7.09. The molecule has 2 unspecified atom stereocenters. The van der Waals surface area contributed by atoms with Gasteiger partial charge in [-0.25, -0.2) is 0 Å². The molecule has 2 aromatic rings. The second kappa shape index (κ2) is 10.2. The number of fused-ring (bicyclic) bond motifs is 3. The summed E-state index contributed by atoms with van der Waals surface area (Å²) in [4.78, 5) is 68.1. The molecule has 41 heavy (non-hydrogen) atoms. The van der Waals surface area contributed by atoms with Crippen molar-refractivity contribution >= 4 is 29.0 Å². The summed E-state index contributed by atoms with van der Waals surface area (Å²) in [6.07, 6.45) is 0.150. The van der Waals surface area contributed by atoms with Crippen LogP contribution in [0, 0.1) is 23.7 Å². The molecule has 216 valence electrons. The number of ketones is 4. The van der Waals surface area contributed by atoms with Crippen LogP contribution in [0.4, 0.5) is 0 Å². The number of aromatic hydroxyl groups is 1. The second-order valence-corrected chi connectivity index (χ2v) is 11.2. The van der Waals surface area contributed by atoms with E-state index in [4.69, 9.17) is 16.2 Å². The van der Waals surface area contributed by atoms with Crippen LogP contribution in [0.5, 0.6) is 11.5 Å². The number of phenolic OH excluding ortho intramolecular Hbond substituents is 1. The third-order valence-electron chi connectivity index (χ3n) is 8.84. The van der Waals surface area contributed by atoms with Crippen LogP contribution in [0.3, 0.4) is 0 Å². The SMILES string of the molecule is CCOc1ccc(-c2ccc(O)c3c2C[C@H]2C[C@H]4[C@H](N(C)C)C(=O)C(C(N)=O)C(=O)[C@@]4(O)C(=O)C2C3=O)cc1CN. The number of carbonyl (C=O) groups excluding carboxylic acids is 5. The van der Waals surface area contributed by atoms with Crippen molar-refractivity contribution in [1.29, 1.82) is 0 Å². The van der Waals surface area contributed by atoms with E-state index in [1.807, 2.05) is 19.1 Å². The Hall–Kier alpha value is -3.93. The zero-order valence-electron chi connectivity index (χ0n) is 23.0. The number of ether oxygens (including phenoxy) is 1. The van der Waals surface area contributed by atoms with Crippen LogP contribution in [-0.4, -0.2) is 76.5 Å². The summed E-state index contributed by atoms with van der Waals surface area (Å²) >= 11 is 0. The van der Waals surface area contributed by atoms with Crippen LogP contribution in [-0.2, 0) is 32.1 Å². The van der Waals surface area contributed by atoms with Gasteiger partial charge in [0.25, 0.3) is 0 Å². The normalized spacial score (nSPS) is 29.2. The number of nitrogens with two attached hydrogens (primary N) is 2. The van der Waals surface area contributed by atoms with Gasteiger partial charge in [-0.1, -0.05) is 12.1 Å². The fraction of sp³-hybridized carbons (Fsp3) is 0.433. The van der Waals surface area contributed by atoms with Gasteiger partial charge in [-0.15, -0.1) is 0 Å².